The molecule has 0 radical (unpaired) electrons. The summed E-state index contributed by atoms with van der Waals surface area (Å²) >= 11 is -6.02. The molecule has 2 aromatic heterocycles. The molecule has 0 bridgehead atoms. The van der Waals surface area contributed by atoms with Crippen molar-refractivity contribution in [1.82, 2.24) is 40.5 Å². The number of aliphatic hydroxyl groups is 2. The first-order chi connectivity index (χ1) is 61.2. The molecule has 692 valence electrons. The van der Waals surface area contributed by atoms with Gasteiger partial charge >= 0.3 is 59.1 Å². The van der Waals surface area contributed by atoms with Crippen LogP contribution in [-0.4, -0.2) is 374 Å². The van der Waals surface area contributed by atoms with E-state index in [0.717, 1.165) is 0 Å². The topological polar surface area (TPSA) is 480 Å². The van der Waals surface area contributed by atoms with Crippen LogP contribution in [-0.2, 0) is 108 Å². The smallest absolute Gasteiger partial charge is 0.740 e. The second-order valence-corrected chi connectivity index (χ2v) is 27.3. The van der Waals surface area contributed by atoms with Crippen molar-refractivity contribution < 1.29 is 190 Å². The van der Waals surface area contributed by atoms with Gasteiger partial charge in [0.2, 0.25) is 35.7 Å². The van der Waals surface area contributed by atoms with Crippen molar-refractivity contribution in [2.24, 2.45) is 0 Å². The van der Waals surface area contributed by atoms with Gasteiger partial charge in [0.25, 0.3) is 0 Å². The summed E-state index contributed by atoms with van der Waals surface area (Å²) in [7, 11) is 0. The zero-order valence-electron chi connectivity index (χ0n) is 72.1. The zero-order chi connectivity index (χ0) is 86.8. The fourth-order valence-corrected chi connectivity index (χ4v) is 11.6. The van der Waals surface area contributed by atoms with Crippen LogP contribution in [0.3, 0.4) is 0 Å². The number of nitrogens with one attached hydrogen (secondary N) is 6. The standard InChI is InChI=1S/C80H122N14O28S2.2Na/c95-23-25-101-27-29-103-31-33-105-35-37-107-39-41-109-43-45-111-47-49-113-51-53-115-55-57-117-59-61-119-71-11-7-67(8-12-71)83-75-87-77(91-79(89-75)93-19-15-81-16-20-93)85-69-5-3-65(73(63-69)121-123(97)98)1-2-66-4-6-70(64-74(66)122-124(99)100)86-78-88-76(90-80(92-78)94-21-17-82-18-22-94)84-68-9-13-72(14-10-68)120-62-60-118-58-56-116-54-52-114-50-48-112-46-44-110-42-40-108-38-36-106-34-32-104-30-28-102-26-24-96;;/h1-14,63-64,81-82,95-96H,15-62H2,(H,97,98)(H,99,100)(H2,83,85,87,89,91)(H2,84,86,88,90,92);;/q;2*+1/p-2/b2-1+;;. The molecule has 2 aliphatic rings. The van der Waals surface area contributed by atoms with Crippen molar-refractivity contribution in [1.29, 1.82) is 0 Å². The average Bonchev–Trinajstić information content (AvgIpc) is 0.819. The first-order valence-corrected chi connectivity index (χ1v) is 43.3. The second-order valence-electron chi connectivity index (χ2n) is 26.2. The number of nitrogens with zero attached hydrogens (tertiary/aromatic N) is 8. The molecule has 4 aromatic carbocycles. The minimum atomic E-state index is -3.01. The number of aliphatic hydroxyl groups excluding tert-OH is 2. The van der Waals surface area contributed by atoms with Crippen LogP contribution in [0.15, 0.2) is 84.9 Å². The third-order valence-corrected chi connectivity index (χ3v) is 17.6. The maximum absolute atomic E-state index is 12.2. The van der Waals surface area contributed by atoms with Gasteiger partial charge in [-0.3, -0.25) is 0 Å². The molecule has 4 heterocycles. The van der Waals surface area contributed by atoms with Crippen molar-refractivity contribution in [3.63, 3.8) is 0 Å². The molecule has 0 amide bonds. The Bertz CT molecular complexity index is 3600. The average molecular weight is 1840 g/mol. The van der Waals surface area contributed by atoms with Crippen LogP contribution in [0.2, 0.25) is 0 Å². The van der Waals surface area contributed by atoms with E-state index < -0.39 is 22.7 Å². The number of hydrogen-bond donors (Lipinski definition) is 8. The summed E-state index contributed by atoms with van der Waals surface area (Å²) in [5.41, 5.74) is 2.66. The van der Waals surface area contributed by atoms with E-state index in [4.69, 9.17) is 133 Å². The Kier molecular flexibility index (Phi) is 61.9. The molecular formula is C80H120N14Na2O28S2. The molecule has 126 heavy (non-hydrogen) atoms. The Labute approximate surface area is 784 Å². The van der Waals surface area contributed by atoms with Gasteiger partial charge in [0.1, 0.15) is 58.9 Å². The van der Waals surface area contributed by atoms with Crippen LogP contribution in [0.5, 0.6) is 23.0 Å². The van der Waals surface area contributed by atoms with Crippen LogP contribution >= 0.6 is 0 Å². The van der Waals surface area contributed by atoms with Crippen molar-refractivity contribution in [2.75, 3.05) is 348 Å². The van der Waals surface area contributed by atoms with Gasteiger partial charge in [-0.15, -0.1) is 0 Å². The third kappa shape index (κ3) is 50.4. The predicted molar refractivity (Wildman–Crippen MR) is 457 cm³/mol. The molecule has 2 unspecified atom stereocenters. The van der Waals surface area contributed by atoms with Gasteiger partial charge in [0, 0.05) is 98.4 Å². The molecule has 6 aromatic rings. The molecular weight excluding hydrogens is 1720 g/mol. The van der Waals surface area contributed by atoms with Crippen LogP contribution in [0.4, 0.5) is 58.4 Å². The number of piperazine rings is 2. The van der Waals surface area contributed by atoms with Crippen LogP contribution in [0, 0.1) is 0 Å². The van der Waals surface area contributed by atoms with Crippen LogP contribution in [0.1, 0.15) is 11.1 Å². The number of anilines is 10. The van der Waals surface area contributed by atoms with Crippen molar-refractivity contribution in [3.05, 3.63) is 96.1 Å². The predicted octanol–water partition coefficient (Wildman–Crippen LogP) is -2.58. The van der Waals surface area contributed by atoms with Crippen molar-refractivity contribution in [2.45, 2.75) is 0 Å². The molecule has 42 nitrogen and oxygen atoms in total. The summed E-state index contributed by atoms with van der Waals surface area (Å²) < 4.78 is 170. The van der Waals surface area contributed by atoms with Gasteiger partial charge in [0.05, 0.1) is 251 Å². The summed E-state index contributed by atoms with van der Waals surface area (Å²) in [5.74, 6) is 2.64. The second kappa shape index (κ2) is 71.7. The van der Waals surface area contributed by atoms with Crippen molar-refractivity contribution >= 4 is 93.3 Å². The maximum Gasteiger partial charge on any atom is 1.00 e. The van der Waals surface area contributed by atoms with E-state index in [1.807, 2.05) is 58.3 Å². The first-order valence-electron chi connectivity index (χ1n) is 41.3. The molecule has 0 spiro atoms. The summed E-state index contributed by atoms with van der Waals surface area (Å²) in [6.45, 7) is 21.5. The van der Waals surface area contributed by atoms with Gasteiger partial charge < -0.3 is 164 Å². The van der Waals surface area contributed by atoms with Gasteiger partial charge in [0.15, 0.2) is 0 Å². The molecule has 0 aliphatic carbocycles. The summed E-state index contributed by atoms with van der Waals surface area (Å²) in [6.07, 6.45) is 3.09. The Morgan fingerprint density at radius 2 is 0.524 bits per heavy atom. The SMILES string of the molecule is O=S([O-])Oc1cc(Nc2nc(Nc3ccc(OCCOCCOCCOCCOCCOCCOCCOCCOCCOCCO)cc3)nc(N3CCNCC3)n2)ccc1/C=C/c1ccc(Nc2nc(Nc3ccc(OCCOCCOCCOCCOCCOCCOCCOCCOCCOCCO)cc3)nc(N3CCNCC3)n2)cc1OS(=O)[O-].[Na+].[Na+]. The largest absolute Gasteiger partial charge is 1.00 e. The summed E-state index contributed by atoms with van der Waals surface area (Å²) in [5, 5.41) is 36.9. The monoisotopic (exact) mass is 1830 g/mol. The number of aromatic nitrogens is 6. The third-order valence-electron chi connectivity index (χ3n) is 17.0. The Morgan fingerprint density at radius 1 is 0.310 bits per heavy atom. The fraction of sp³-hybridized carbons (Fsp3) is 0.600. The van der Waals surface area contributed by atoms with Gasteiger partial charge in [-0.2, -0.15) is 29.9 Å². The van der Waals surface area contributed by atoms with E-state index >= 15 is 0 Å². The molecule has 46 heteroatoms. The van der Waals surface area contributed by atoms with E-state index in [9.17, 15) is 17.5 Å². The van der Waals surface area contributed by atoms with E-state index in [2.05, 4.69) is 41.9 Å². The Balaban J connectivity index is 0.0000123. The minimum Gasteiger partial charge on any atom is -0.740 e. The first kappa shape index (κ1) is 109. The Morgan fingerprint density at radius 3 is 0.754 bits per heavy atom. The van der Waals surface area contributed by atoms with E-state index in [0.29, 0.717) is 361 Å². The van der Waals surface area contributed by atoms with Gasteiger partial charge in [-0.1, -0.05) is 12.2 Å². The number of ether oxygens (including phenoxy) is 20. The molecule has 0 saturated carbocycles. The molecule has 2 fully saturated rings. The van der Waals surface area contributed by atoms with E-state index in [-0.39, 0.29) is 108 Å². The summed E-state index contributed by atoms with van der Waals surface area (Å²) in [4.78, 5) is 32.4. The molecule has 2 aliphatic heterocycles. The quantitative estimate of drug-likeness (QED) is 0.00841. The number of benzene rings is 4. The molecule has 8 N–H and O–H groups in total. The minimum absolute atomic E-state index is 0. The van der Waals surface area contributed by atoms with Crippen LogP contribution < -0.4 is 119 Å². The molecule has 8 rings (SSSR count). The van der Waals surface area contributed by atoms with Gasteiger partial charge in [-0.25, -0.2) is 8.42 Å². The molecule has 2 saturated heterocycles. The van der Waals surface area contributed by atoms with Gasteiger partial charge in [-0.05, 0) is 72.8 Å². The van der Waals surface area contributed by atoms with Crippen molar-refractivity contribution in [3.8, 4) is 23.0 Å². The normalized spacial score (nSPS) is 13.3. The van der Waals surface area contributed by atoms with E-state index in [1.165, 1.54) is 12.1 Å². The summed E-state index contributed by atoms with van der Waals surface area (Å²) in [6, 6.07) is 24.0. The van der Waals surface area contributed by atoms with Crippen LogP contribution in [0.25, 0.3) is 12.2 Å². The zero-order valence-corrected chi connectivity index (χ0v) is 77.7. The van der Waals surface area contributed by atoms with E-state index in [1.54, 1.807) is 36.4 Å². The fourth-order valence-electron chi connectivity index (χ4n) is 11.0. The maximum atomic E-state index is 12.2. The molecule has 2 atom stereocenters. The number of rotatable bonds is 76. The number of hydrogen-bond acceptors (Lipinski definition) is 42. The Hall–Kier alpha value is -6.02.